The van der Waals surface area contributed by atoms with E-state index >= 15 is 0 Å². The van der Waals surface area contributed by atoms with E-state index in [-0.39, 0.29) is 0 Å². The summed E-state index contributed by atoms with van der Waals surface area (Å²) in [5.74, 6) is 0.685. The molecule has 1 fully saturated rings. The van der Waals surface area contributed by atoms with Crippen LogP contribution < -0.4 is 4.80 Å². The zero-order chi connectivity index (χ0) is 12.3. The first-order chi connectivity index (χ1) is 8.16. The van der Waals surface area contributed by atoms with Gasteiger partial charge in [-0.15, -0.1) is 16.3 Å². The number of aryl methyl sites for hydroxylation is 1. The van der Waals surface area contributed by atoms with Crippen LogP contribution in [0.2, 0.25) is 0 Å². The Hall–Kier alpha value is -1.10. The summed E-state index contributed by atoms with van der Waals surface area (Å²) in [6, 6.07) is 0. The molecule has 5 heteroatoms. The smallest absolute Gasteiger partial charge is 0.433 e. The van der Waals surface area contributed by atoms with Crippen LogP contribution in [0.5, 0.6) is 0 Å². The Morgan fingerprint density at radius 3 is 2.88 bits per heavy atom. The molecule has 1 saturated carbocycles. The molecule has 1 aromatic heterocycles. The summed E-state index contributed by atoms with van der Waals surface area (Å²) in [5, 5.41) is 10.7. The van der Waals surface area contributed by atoms with E-state index in [0.29, 0.717) is 10.7 Å². The van der Waals surface area contributed by atoms with Gasteiger partial charge in [0.2, 0.25) is 0 Å². The van der Waals surface area contributed by atoms with Gasteiger partial charge in [-0.05, 0) is 25.7 Å². The molecule has 0 aromatic carbocycles. The van der Waals surface area contributed by atoms with Crippen molar-refractivity contribution >= 4 is 17.4 Å². The molecule has 1 N–H and O–H groups in total. The molecule has 0 spiro atoms. The minimum atomic E-state index is -1.11. The third-order valence-electron chi connectivity index (χ3n) is 3.35. The van der Waals surface area contributed by atoms with E-state index in [1.54, 1.807) is 0 Å². The number of rotatable bonds is 2. The van der Waals surface area contributed by atoms with Crippen molar-refractivity contribution in [2.75, 3.05) is 0 Å². The zero-order valence-corrected chi connectivity index (χ0v) is 10.9. The van der Waals surface area contributed by atoms with Gasteiger partial charge in [-0.25, -0.2) is 4.79 Å². The van der Waals surface area contributed by atoms with E-state index in [1.165, 1.54) is 43.4 Å². The van der Waals surface area contributed by atoms with Crippen LogP contribution in [0.4, 0.5) is 4.79 Å². The molecule has 1 amide bonds. The largest absolute Gasteiger partial charge is 0.463 e. The second-order valence-corrected chi connectivity index (χ2v) is 5.51. The molecule has 0 unspecified atom stereocenters. The van der Waals surface area contributed by atoms with E-state index in [4.69, 9.17) is 5.11 Å². The van der Waals surface area contributed by atoms with Crippen molar-refractivity contribution in [1.82, 2.24) is 4.57 Å². The summed E-state index contributed by atoms with van der Waals surface area (Å²) in [5.41, 5.74) is 1.11. The highest BCUT2D eigenvalue weighted by atomic mass is 32.1. The van der Waals surface area contributed by atoms with Gasteiger partial charge in [-0.1, -0.05) is 19.3 Å². The predicted octanol–water partition coefficient (Wildman–Crippen LogP) is 3.02. The zero-order valence-electron chi connectivity index (χ0n) is 10.1. The number of hydrogen-bond acceptors (Lipinski definition) is 2. The first kappa shape index (κ1) is 12.4. The third-order valence-corrected chi connectivity index (χ3v) is 4.33. The number of carbonyl (C=O) groups is 1. The van der Waals surface area contributed by atoms with Crippen molar-refractivity contribution in [3.8, 4) is 0 Å². The minimum absolute atomic E-state index is 0.612. The lowest BCUT2D eigenvalue weighted by atomic mass is 9.89. The normalized spacial score (nSPS) is 18.5. The summed E-state index contributed by atoms with van der Waals surface area (Å²) in [7, 11) is 0. The van der Waals surface area contributed by atoms with E-state index < -0.39 is 6.09 Å². The van der Waals surface area contributed by atoms with Crippen molar-refractivity contribution < 1.29 is 9.90 Å². The van der Waals surface area contributed by atoms with Gasteiger partial charge in [0.05, 0.1) is 0 Å². The Morgan fingerprint density at radius 1 is 1.53 bits per heavy atom. The van der Waals surface area contributed by atoms with Gasteiger partial charge in [0, 0.05) is 17.6 Å². The lowest BCUT2D eigenvalue weighted by Crippen LogP contribution is -2.23. The first-order valence-electron chi connectivity index (χ1n) is 6.09. The molecule has 1 aliphatic carbocycles. The van der Waals surface area contributed by atoms with Gasteiger partial charge in [0.1, 0.15) is 0 Å². The number of thiazole rings is 1. The van der Waals surface area contributed by atoms with Gasteiger partial charge in [-0.3, -0.25) is 0 Å². The molecule has 1 heterocycles. The number of nitrogens with zero attached hydrogens (tertiary/aromatic N) is 2. The maximum absolute atomic E-state index is 10.6. The lowest BCUT2D eigenvalue weighted by Gasteiger charge is -2.22. The number of amides is 1. The molecule has 1 aromatic rings. The van der Waals surface area contributed by atoms with E-state index in [0.717, 1.165) is 12.2 Å². The SMILES string of the molecule is Cc1csc(=NC(=O)O)n1CC1CCCCC1. The number of hydrogen-bond donors (Lipinski definition) is 1. The van der Waals surface area contributed by atoms with Crippen LogP contribution in [0.3, 0.4) is 0 Å². The highest BCUT2D eigenvalue weighted by Gasteiger charge is 2.15. The quantitative estimate of drug-likeness (QED) is 0.882. The fraction of sp³-hybridized carbons (Fsp3) is 0.667. The molecule has 17 heavy (non-hydrogen) atoms. The van der Waals surface area contributed by atoms with Crippen molar-refractivity contribution in [1.29, 1.82) is 0 Å². The van der Waals surface area contributed by atoms with Crippen LogP contribution in [0.25, 0.3) is 0 Å². The minimum Gasteiger partial charge on any atom is -0.463 e. The second-order valence-electron chi connectivity index (χ2n) is 4.67. The van der Waals surface area contributed by atoms with Crippen LogP contribution in [0.1, 0.15) is 37.8 Å². The molecule has 0 bridgehead atoms. The summed E-state index contributed by atoms with van der Waals surface area (Å²) >= 11 is 1.41. The Kier molecular flexibility index (Phi) is 3.99. The first-order valence-corrected chi connectivity index (χ1v) is 6.97. The fourth-order valence-corrected chi connectivity index (χ4v) is 3.31. The Bertz CT molecular complexity index is 455. The van der Waals surface area contributed by atoms with Gasteiger partial charge in [-0.2, -0.15) is 0 Å². The van der Waals surface area contributed by atoms with Crippen molar-refractivity contribution in [2.24, 2.45) is 10.9 Å². The average molecular weight is 254 g/mol. The lowest BCUT2D eigenvalue weighted by molar-refractivity contribution is 0.204. The predicted molar refractivity (Wildman–Crippen MR) is 67.2 cm³/mol. The molecule has 4 nitrogen and oxygen atoms in total. The van der Waals surface area contributed by atoms with Gasteiger partial charge in [0.15, 0.2) is 4.80 Å². The molecule has 0 radical (unpaired) electrons. The van der Waals surface area contributed by atoms with Crippen LogP contribution in [0.15, 0.2) is 10.4 Å². The van der Waals surface area contributed by atoms with E-state index in [2.05, 4.69) is 9.56 Å². The summed E-state index contributed by atoms with van der Waals surface area (Å²) < 4.78 is 2.05. The summed E-state index contributed by atoms with van der Waals surface area (Å²) in [4.78, 5) is 14.9. The Labute approximate surface area is 105 Å². The van der Waals surface area contributed by atoms with Gasteiger partial charge in [0.25, 0.3) is 0 Å². The highest BCUT2D eigenvalue weighted by Crippen LogP contribution is 2.25. The Morgan fingerprint density at radius 2 is 2.24 bits per heavy atom. The van der Waals surface area contributed by atoms with Crippen LogP contribution in [-0.4, -0.2) is 15.8 Å². The van der Waals surface area contributed by atoms with Crippen LogP contribution in [0, 0.1) is 12.8 Å². The average Bonchev–Trinajstić information content (AvgIpc) is 2.62. The molecule has 1 aliphatic rings. The van der Waals surface area contributed by atoms with Crippen LogP contribution >= 0.6 is 11.3 Å². The summed E-state index contributed by atoms with van der Waals surface area (Å²) in [6.07, 6.45) is 5.36. The second kappa shape index (κ2) is 5.49. The fourth-order valence-electron chi connectivity index (χ4n) is 2.43. The molecular formula is C12H18N2O2S. The topological polar surface area (TPSA) is 54.6 Å². The van der Waals surface area contributed by atoms with Crippen molar-refractivity contribution in [3.63, 3.8) is 0 Å². The third kappa shape index (κ3) is 3.19. The number of aromatic nitrogens is 1. The highest BCUT2D eigenvalue weighted by molar-refractivity contribution is 7.07. The van der Waals surface area contributed by atoms with Crippen molar-refractivity contribution in [2.45, 2.75) is 45.6 Å². The number of carboxylic acid groups (broad SMARTS) is 1. The standard InChI is InChI=1S/C12H18N2O2S/c1-9-8-17-11(13-12(15)16)14(9)7-10-5-3-2-4-6-10/h8,10H,2-7H2,1H3,(H,15,16). The molecule has 0 saturated heterocycles. The van der Waals surface area contributed by atoms with E-state index in [1.807, 2.05) is 12.3 Å². The maximum Gasteiger partial charge on any atom is 0.433 e. The van der Waals surface area contributed by atoms with Gasteiger partial charge < -0.3 is 9.67 Å². The van der Waals surface area contributed by atoms with Gasteiger partial charge >= 0.3 is 6.09 Å². The molecular weight excluding hydrogens is 236 g/mol. The molecule has 0 aliphatic heterocycles. The maximum atomic E-state index is 10.6. The van der Waals surface area contributed by atoms with E-state index in [9.17, 15) is 4.79 Å². The summed E-state index contributed by atoms with van der Waals surface area (Å²) in [6.45, 7) is 2.93. The van der Waals surface area contributed by atoms with Crippen molar-refractivity contribution in [3.05, 3.63) is 15.9 Å². The molecule has 2 rings (SSSR count). The monoisotopic (exact) mass is 254 g/mol. The Balaban J connectivity index is 2.19. The van der Waals surface area contributed by atoms with Crippen LogP contribution in [-0.2, 0) is 6.54 Å². The molecule has 94 valence electrons. The molecule has 0 atom stereocenters.